The predicted octanol–water partition coefficient (Wildman–Crippen LogP) is 2.15. The molecule has 3 nitrogen and oxygen atoms in total. The molecule has 1 atom stereocenters. The number of aromatic nitrogens is 2. The van der Waals surface area contributed by atoms with E-state index in [1.165, 1.54) is 17.5 Å². The molecule has 3 rings (SSSR count). The van der Waals surface area contributed by atoms with E-state index in [1.54, 1.807) is 6.20 Å². The molecule has 1 aromatic heterocycles. The normalized spacial score (nSPS) is 20.1. The minimum atomic E-state index is 0.626. The second-order valence-electron chi connectivity index (χ2n) is 4.21. The first-order valence-electron chi connectivity index (χ1n) is 5.74. The van der Waals surface area contributed by atoms with Crippen LogP contribution in [-0.4, -0.2) is 23.1 Å². The molecule has 0 saturated carbocycles. The predicted molar refractivity (Wildman–Crippen MR) is 64.3 cm³/mol. The van der Waals surface area contributed by atoms with Crippen LogP contribution in [0.3, 0.4) is 0 Å². The van der Waals surface area contributed by atoms with Crippen molar-refractivity contribution in [3.63, 3.8) is 0 Å². The van der Waals surface area contributed by atoms with Gasteiger partial charge in [0.05, 0.1) is 0 Å². The molecule has 2 N–H and O–H groups in total. The summed E-state index contributed by atoms with van der Waals surface area (Å²) in [7, 11) is 0. The Morgan fingerprint density at radius 3 is 2.94 bits per heavy atom. The molecule has 0 spiro atoms. The SMILES string of the molecule is c1ccc(C2CCNC2)c(-c2ncc[nH]2)c1. The number of hydrogen-bond acceptors (Lipinski definition) is 2. The second-order valence-corrected chi connectivity index (χ2v) is 4.21. The Labute approximate surface area is 94.9 Å². The highest BCUT2D eigenvalue weighted by atomic mass is 14.9. The topological polar surface area (TPSA) is 40.7 Å². The molecule has 1 aromatic carbocycles. The Kier molecular flexibility index (Phi) is 2.46. The molecule has 0 aliphatic carbocycles. The lowest BCUT2D eigenvalue weighted by Crippen LogP contribution is -2.08. The van der Waals surface area contributed by atoms with Gasteiger partial charge in [-0.05, 0) is 24.4 Å². The Hall–Kier alpha value is -1.61. The molecule has 1 fully saturated rings. The van der Waals surface area contributed by atoms with E-state index in [1.807, 2.05) is 6.20 Å². The van der Waals surface area contributed by atoms with Crippen molar-refractivity contribution in [2.24, 2.45) is 0 Å². The van der Waals surface area contributed by atoms with Crippen LogP contribution in [0, 0.1) is 0 Å². The molecule has 0 amide bonds. The fourth-order valence-corrected chi connectivity index (χ4v) is 2.40. The molecule has 2 heterocycles. The van der Waals surface area contributed by atoms with Gasteiger partial charge in [-0.2, -0.15) is 0 Å². The summed E-state index contributed by atoms with van der Waals surface area (Å²) >= 11 is 0. The maximum absolute atomic E-state index is 4.34. The lowest BCUT2D eigenvalue weighted by Gasteiger charge is -2.13. The number of aromatic amines is 1. The summed E-state index contributed by atoms with van der Waals surface area (Å²) in [4.78, 5) is 7.53. The van der Waals surface area contributed by atoms with Crippen LogP contribution in [0.4, 0.5) is 0 Å². The zero-order chi connectivity index (χ0) is 10.8. The van der Waals surface area contributed by atoms with Gasteiger partial charge in [-0.15, -0.1) is 0 Å². The minimum absolute atomic E-state index is 0.626. The molecular weight excluding hydrogens is 198 g/mol. The van der Waals surface area contributed by atoms with Crippen molar-refractivity contribution in [3.05, 3.63) is 42.2 Å². The van der Waals surface area contributed by atoms with Gasteiger partial charge >= 0.3 is 0 Å². The van der Waals surface area contributed by atoms with Crippen LogP contribution in [0.25, 0.3) is 11.4 Å². The summed E-state index contributed by atoms with van der Waals surface area (Å²) in [5.74, 6) is 1.60. The van der Waals surface area contributed by atoms with E-state index in [9.17, 15) is 0 Å². The van der Waals surface area contributed by atoms with Crippen molar-refractivity contribution in [2.75, 3.05) is 13.1 Å². The molecule has 0 radical (unpaired) electrons. The third-order valence-corrected chi connectivity index (χ3v) is 3.21. The summed E-state index contributed by atoms with van der Waals surface area (Å²) < 4.78 is 0. The molecule has 82 valence electrons. The average molecular weight is 213 g/mol. The van der Waals surface area contributed by atoms with E-state index in [0.29, 0.717) is 5.92 Å². The van der Waals surface area contributed by atoms with Crippen LogP contribution in [0.1, 0.15) is 17.9 Å². The van der Waals surface area contributed by atoms with E-state index in [4.69, 9.17) is 0 Å². The Balaban J connectivity index is 2.04. The molecule has 16 heavy (non-hydrogen) atoms. The fraction of sp³-hybridized carbons (Fsp3) is 0.308. The number of nitrogens with one attached hydrogen (secondary N) is 2. The van der Waals surface area contributed by atoms with Gasteiger partial charge in [-0.1, -0.05) is 24.3 Å². The van der Waals surface area contributed by atoms with Gasteiger partial charge in [0, 0.05) is 24.5 Å². The summed E-state index contributed by atoms with van der Waals surface area (Å²) in [5.41, 5.74) is 2.64. The quantitative estimate of drug-likeness (QED) is 0.802. The summed E-state index contributed by atoms with van der Waals surface area (Å²) in [6.45, 7) is 2.20. The first-order chi connectivity index (χ1) is 7.95. The van der Waals surface area contributed by atoms with E-state index in [0.717, 1.165) is 18.9 Å². The highest BCUT2D eigenvalue weighted by molar-refractivity contribution is 5.61. The number of nitrogens with zero attached hydrogens (tertiary/aromatic N) is 1. The molecule has 1 saturated heterocycles. The maximum atomic E-state index is 4.34. The third-order valence-electron chi connectivity index (χ3n) is 3.21. The molecule has 3 heteroatoms. The Bertz CT molecular complexity index is 456. The Morgan fingerprint density at radius 2 is 2.19 bits per heavy atom. The number of rotatable bonds is 2. The van der Waals surface area contributed by atoms with Crippen molar-refractivity contribution >= 4 is 0 Å². The van der Waals surface area contributed by atoms with Crippen LogP contribution in [-0.2, 0) is 0 Å². The zero-order valence-electron chi connectivity index (χ0n) is 9.11. The first-order valence-corrected chi connectivity index (χ1v) is 5.74. The van der Waals surface area contributed by atoms with Gasteiger partial charge in [0.25, 0.3) is 0 Å². The maximum Gasteiger partial charge on any atom is 0.137 e. The van der Waals surface area contributed by atoms with Crippen molar-refractivity contribution < 1.29 is 0 Å². The van der Waals surface area contributed by atoms with E-state index >= 15 is 0 Å². The van der Waals surface area contributed by atoms with Gasteiger partial charge in [-0.3, -0.25) is 0 Å². The van der Waals surface area contributed by atoms with Crippen molar-refractivity contribution in [1.82, 2.24) is 15.3 Å². The number of benzene rings is 1. The fourth-order valence-electron chi connectivity index (χ4n) is 2.40. The zero-order valence-corrected chi connectivity index (χ0v) is 9.11. The molecule has 2 aromatic rings. The monoisotopic (exact) mass is 213 g/mol. The molecule has 1 aliphatic heterocycles. The average Bonchev–Trinajstić information content (AvgIpc) is 3.03. The summed E-state index contributed by atoms with van der Waals surface area (Å²) in [6, 6.07) is 8.55. The van der Waals surface area contributed by atoms with E-state index in [-0.39, 0.29) is 0 Å². The Morgan fingerprint density at radius 1 is 1.25 bits per heavy atom. The molecule has 1 unspecified atom stereocenters. The van der Waals surface area contributed by atoms with Gasteiger partial charge in [0.2, 0.25) is 0 Å². The van der Waals surface area contributed by atoms with Gasteiger partial charge in [0.15, 0.2) is 0 Å². The lowest BCUT2D eigenvalue weighted by molar-refractivity contribution is 0.764. The summed E-state index contributed by atoms with van der Waals surface area (Å²) in [6.07, 6.45) is 4.90. The van der Waals surface area contributed by atoms with E-state index < -0.39 is 0 Å². The highest BCUT2D eigenvalue weighted by Gasteiger charge is 2.20. The van der Waals surface area contributed by atoms with Crippen molar-refractivity contribution in [2.45, 2.75) is 12.3 Å². The van der Waals surface area contributed by atoms with Gasteiger partial charge in [-0.25, -0.2) is 4.98 Å². The molecule has 0 bridgehead atoms. The van der Waals surface area contributed by atoms with Gasteiger partial charge in [0.1, 0.15) is 5.82 Å². The highest BCUT2D eigenvalue weighted by Crippen LogP contribution is 2.30. The van der Waals surface area contributed by atoms with Crippen LogP contribution in [0.15, 0.2) is 36.7 Å². The van der Waals surface area contributed by atoms with Crippen molar-refractivity contribution in [3.8, 4) is 11.4 Å². The van der Waals surface area contributed by atoms with Crippen LogP contribution in [0.5, 0.6) is 0 Å². The standard InChI is InChI=1S/C13H15N3/c1-2-4-12(13-15-7-8-16-13)11(3-1)10-5-6-14-9-10/h1-4,7-8,10,14H,5-6,9H2,(H,15,16). The van der Waals surface area contributed by atoms with Crippen LogP contribution >= 0.6 is 0 Å². The van der Waals surface area contributed by atoms with Crippen LogP contribution < -0.4 is 5.32 Å². The smallest absolute Gasteiger partial charge is 0.137 e. The van der Waals surface area contributed by atoms with E-state index in [2.05, 4.69) is 39.6 Å². The number of imidazole rings is 1. The minimum Gasteiger partial charge on any atom is -0.345 e. The number of hydrogen-bond donors (Lipinski definition) is 2. The third kappa shape index (κ3) is 1.63. The number of H-pyrrole nitrogens is 1. The first kappa shape index (κ1) is 9.60. The largest absolute Gasteiger partial charge is 0.345 e. The van der Waals surface area contributed by atoms with Gasteiger partial charge < -0.3 is 10.3 Å². The summed E-state index contributed by atoms with van der Waals surface area (Å²) in [5, 5.41) is 3.41. The second kappa shape index (κ2) is 4.10. The molecular formula is C13H15N3. The molecule has 1 aliphatic rings. The van der Waals surface area contributed by atoms with Crippen molar-refractivity contribution in [1.29, 1.82) is 0 Å². The lowest BCUT2D eigenvalue weighted by atomic mass is 9.93. The van der Waals surface area contributed by atoms with Crippen LogP contribution in [0.2, 0.25) is 0 Å².